The molecule has 10 heteroatoms. The molecule has 0 saturated heterocycles. The highest BCUT2D eigenvalue weighted by Gasteiger charge is 2.33. The Hall–Kier alpha value is -4.21. The Labute approximate surface area is 164 Å². The third-order valence-electron chi connectivity index (χ3n) is 3.80. The summed E-state index contributed by atoms with van der Waals surface area (Å²) in [5, 5.41) is 16.1. The zero-order valence-corrected chi connectivity index (χ0v) is 14.9. The first-order chi connectivity index (χ1) is 14.0. The van der Waals surface area contributed by atoms with E-state index in [0.29, 0.717) is 5.69 Å². The smallest absolute Gasteiger partial charge is 0.347 e. The van der Waals surface area contributed by atoms with Crippen molar-refractivity contribution in [3.05, 3.63) is 76.2 Å². The van der Waals surface area contributed by atoms with E-state index in [4.69, 9.17) is 9.47 Å². The molecule has 148 valence electrons. The van der Waals surface area contributed by atoms with Crippen LogP contribution in [0.3, 0.4) is 0 Å². The number of hydrogen-bond donors (Lipinski definition) is 2. The molecular weight excluding hydrogens is 382 g/mol. The summed E-state index contributed by atoms with van der Waals surface area (Å²) in [6.45, 7) is -1.07. The topological polar surface area (TPSA) is 137 Å². The first-order valence-corrected chi connectivity index (χ1v) is 8.38. The molecule has 0 aliphatic carbocycles. The van der Waals surface area contributed by atoms with Crippen LogP contribution in [0.4, 0.5) is 17.1 Å². The van der Waals surface area contributed by atoms with Crippen molar-refractivity contribution in [2.45, 2.75) is 0 Å². The molecular formula is C19H15N3O7. The van der Waals surface area contributed by atoms with Crippen LogP contribution in [0.2, 0.25) is 0 Å². The Balaban J connectivity index is 1.64. The van der Waals surface area contributed by atoms with Gasteiger partial charge in [-0.05, 0) is 18.2 Å². The molecule has 0 bridgehead atoms. The number of nitrogens with one attached hydrogen (secondary N) is 2. The van der Waals surface area contributed by atoms with Gasteiger partial charge in [-0.3, -0.25) is 19.7 Å². The van der Waals surface area contributed by atoms with Crippen LogP contribution in [-0.4, -0.2) is 35.8 Å². The lowest BCUT2D eigenvalue weighted by Crippen LogP contribution is -2.24. The predicted octanol–water partition coefficient (Wildman–Crippen LogP) is 2.00. The van der Waals surface area contributed by atoms with Gasteiger partial charge in [0.25, 0.3) is 11.6 Å². The number of Topliss-reactive ketones (excluding diaryl/α,β-unsaturated/α-hetero) is 1. The van der Waals surface area contributed by atoms with Crippen molar-refractivity contribution >= 4 is 34.7 Å². The Morgan fingerprint density at radius 1 is 1.10 bits per heavy atom. The average molecular weight is 397 g/mol. The molecule has 0 aromatic heterocycles. The van der Waals surface area contributed by atoms with Crippen LogP contribution < -0.4 is 10.6 Å². The predicted molar refractivity (Wildman–Crippen MR) is 101 cm³/mol. The number of nitrogens with zero attached hydrogens (tertiary/aromatic N) is 1. The number of rotatable bonds is 7. The van der Waals surface area contributed by atoms with Gasteiger partial charge in [0.15, 0.2) is 18.8 Å². The zero-order valence-electron chi connectivity index (χ0n) is 14.9. The molecule has 29 heavy (non-hydrogen) atoms. The normalized spacial score (nSPS) is 12.9. The molecule has 10 nitrogen and oxygen atoms in total. The highest BCUT2D eigenvalue weighted by molar-refractivity contribution is 6.20. The summed E-state index contributed by atoms with van der Waals surface area (Å²) in [5.41, 5.74) is -0.0861. The number of para-hydroxylation sites is 3. The van der Waals surface area contributed by atoms with Gasteiger partial charge < -0.3 is 20.1 Å². The van der Waals surface area contributed by atoms with Crippen LogP contribution in [0.1, 0.15) is 0 Å². The molecule has 1 amide bonds. The van der Waals surface area contributed by atoms with Gasteiger partial charge in [-0.2, -0.15) is 0 Å². The number of nitro groups is 1. The Bertz CT molecular complexity index is 1000. The van der Waals surface area contributed by atoms with Crippen LogP contribution in [0.15, 0.2) is 66.1 Å². The highest BCUT2D eigenvalue weighted by atomic mass is 16.6. The summed E-state index contributed by atoms with van der Waals surface area (Å²) in [6, 6.07) is 14.3. The minimum Gasteiger partial charge on any atom is -0.470 e. The SMILES string of the molecule is O=C(COC(=O)C1=C(Nc2ccccc2)OCC1=O)Nc1ccccc1[N+](=O)[O-]. The molecule has 1 aliphatic heterocycles. The number of amides is 1. The number of nitro benzene ring substituents is 1. The van der Waals surface area contributed by atoms with Gasteiger partial charge >= 0.3 is 5.97 Å². The fraction of sp³-hybridized carbons (Fsp3) is 0.105. The van der Waals surface area contributed by atoms with Gasteiger partial charge in [0, 0.05) is 11.8 Å². The summed E-state index contributed by atoms with van der Waals surface area (Å²) >= 11 is 0. The van der Waals surface area contributed by atoms with Crippen LogP contribution in [0.5, 0.6) is 0 Å². The molecule has 0 radical (unpaired) electrons. The Morgan fingerprint density at radius 2 is 1.79 bits per heavy atom. The minimum atomic E-state index is -1.04. The molecule has 2 N–H and O–H groups in total. The van der Waals surface area contributed by atoms with Crippen molar-refractivity contribution in [3.8, 4) is 0 Å². The number of hydrogen-bond acceptors (Lipinski definition) is 8. The lowest BCUT2D eigenvalue weighted by Gasteiger charge is -2.09. The van der Waals surface area contributed by atoms with Gasteiger partial charge in [0.1, 0.15) is 5.69 Å². The van der Waals surface area contributed by atoms with Crippen molar-refractivity contribution in [2.24, 2.45) is 0 Å². The molecule has 1 heterocycles. The van der Waals surface area contributed by atoms with Crippen molar-refractivity contribution in [2.75, 3.05) is 23.8 Å². The highest BCUT2D eigenvalue weighted by Crippen LogP contribution is 2.23. The third kappa shape index (κ3) is 4.75. The first-order valence-electron chi connectivity index (χ1n) is 8.38. The lowest BCUT2D eigenvalue weighted by atomic mass is 10.2. The summed E-state index contributed by atoms with van der Waals surface area (Å²) < 4.78 is 10.1. The van der Waals surface area contributed by atoms with E-state index in [1.165, 1.54) is 24.3 Å². The Kier molecular flexibility index (Phi) is 5.83. The second-order valence-electron chi connectivity index (χ2n) is 5.81. The average Bonchev–Trinajstić information content (AvgIpc) is 3.07. The standard InChI is InChI=1S/C19H15N3O7/c23-15-10-28-18(20-12-6-2-1-3-7-12)17(15)19(25)29-11-16(24)21-13-8-4-5-9-14(13)22(26)27/h1-9,20H,10-11H2,(H,21,24). The van der Waals surface area contributed by atoms with Crippen LogP contribution in [-0.2, 0) is 23.9 Å². The van der Waals surface area contributed by atoms with Gasteiger partial charge in [-0.25, -0.2) is 4.79 Å². The number of ether oxygens (including phenoxy) is 2. The van der Waals surface area contributed by atoms with Gasteiger partial charge in [-0.1, -0.05) is 30.3 Å². The maximum atomic E-state index is 12.3. The van der Waals surface area contributed by atoms with Crippen molar-refractivity contribution in [3.63, 3.8) is 0 Å². The fourth-order valence-electron chi connectivity index (χ4n) is 2.49. The third-order valence-corrected chi connectivity index (χ3v) is 3.80. The van der Waals surface area contributed by atoms with Crippen LogP contribution in [0.25, 0.3) is 0 Å². The van der Waals surface area contributed by atoms with Crippen molar-refractivity contribution in [1.29, 1.82) is 0 Å². The summed E-state index contributed by atoms with van der Waals surface area (Å²) in [6.07, 6.45) is 0. The summed E-state index contributed by atoms with van der Waals surface area (Å²) in [5.74, 6) is -2.49. The minimum absolute atomic E-state index is 0.0375. The van der Waals surface area contributed by atoms with Gasteiger partial charge in [0.05, 0.1) is 4.92 Å². The van der Waals surface area contributed by atoms with E-state index >= 15 is 0 Å². The monoisotopic (exact) mass is 397 g/mol. The molecule has 0 fully saturated rings. The van der Waals surface area contributed by atoms with E-state index in [1.807, 2.05) is 0 Å². The van der Waals surface area contributed by atoms with Crippen LogP contribution >= 0.6 is 0 Å². The van der Waals surface area contributed by atoms with E-state index in [1.54, 1.807) is 30.3 Å². The van der Waals surface area contributed by atoms with Gasteiger partial charge in [0.2, 0.25) is 11.7 Å². The molecule has 2 aromatic carbocycles. The number of ketones is 1. The summed E-state index contributed by atoms with van der Waals surface area (Å²) in [7, 11) is 0. The van der Waals surface area contributed by atoms with E-state index in [-0.39, 0.29) is 29.4 Å². The quantitative estimate of drug-likeness (QED) is 0.313. The van der Waals surface area contributed by atoms with E-state index < -0.39 is 29.2 Å². The summed E-state index contributed by atoms with van der Waals surface area (Å²) in [4.78, 5) is 46.6. The van der Waals surface area contributed by atoms with Crippen molar-refractivity contribution in [1.82, 2.24) is 0 Å². The zero-order chi connectivity index (χ0) is 20.8. The second-order valence-corrected chi connectivity index (χ2v) is 5.81. The molecule has 0 spiro atoms. The molecule has 0 saturated carbocycles. The molecule has 0 unspecified atom stereocenters. The van der Waals surface area contributed by atoms with Crippen molar-refractivity contribution < 1.29 is 28.8 Å². The number of benzene rings is 2. The number of carbonyl (C=O) groups is 3. The van der Waals surface area contributed by atoms with Crippen LogP contribution in [0, 0.1) is 10.1 Å². The number of carbonyl (C=O) groups excluding carboxylic acids is 3. The maximum Gasteiger partial charge on any atom is 0.347 e. The van der Waals surface area contributed by atoms with E-state index in [2.05, 4.69) is 10.6 Å². The van der Waals surface area contributed by atoms with E-state index in [9.17, 15) is 24.5 Å². The first kappa shape index (κ1) is 19.5. The molecule has 3 rings (SSSR count). The molecule has 2 aromatic rings. The van der Waals surface area contributed by atoms with E-state index in [0.717, 1.165) is 0 Å². The maximum absolute atomic E-state index is 12.3. The molecule has 0 atom stereocenters. The molecule has 1 aliphatic rings. The second kappa shape index (κ2) is 8.65. The van der Waals surface area contributed by atoms with Gasteiger partial charge in [-0.15, -0.1) is 0 Å². The Morgan fingerprint density at radius 3 is 2.52 bits per heavy atom. The fourth-order valence-corrected chi connectivity index (χ4v) is 2.49. The number of anilines is 2. The number of esters is 1. The lowest BCUT2D eigenvalue weighted by molar-refractivity contribution is -0.383. The largest absolute Gasteiger partial charge is 0.470 e.